The Balaban J connectivity index is 2.51. The average Bonchev–Trinajstić information content (AvgIpc) is 2.03. The van der Waals surface area contributed by atoms with Gasteiger partial charge < -0.3 is 4.79 Å². The summed E-state index contributed by atoms with van der Waals surface area (Å²) in [6.45, 7) is 6.85. The van der Waals surface area contributed by atoms with Gasteiger partial charge in [0.05, 0.1) is 0 Å². The van der Waals surface area contributed by atoms with Crippen LogP contribution >= 0.6 is 0 Å². The van der Waals surface area contributed by atoms with Crippen molar-refractivity contribution in [1.82, 2.24) is 0 Å². The van der Waals surface area contributed by atoms with Crippen molar-refractivity contribution in [2.24, 2.45) is 17.3 Å². The molecule has 0 N–H and O–H groups in total. The van der Waals surface area contributed by atoms with Gasteiger partial charge in [-0.05, 0) is 30.6 Å². The first kappa shape index (κ1) is 9.76. The molecule has 1 aliphatic rings. The third kappa shape index (κ3) is 2.33. The second-order valence-electron chi connectivity index (χ2n) is 5.13. The molecule has 1 aliphatic carbocycles. The molecule has 0 bridgehead atoms. The van der Waals surface area contributed by atoms with Crippen molar-refractivity contribution in [3.05, 3.63) is 0 Å². The zero-order valence-corrected chi connectivity index (χ0v) is 8.47. The molecule has 70 valence electrons. The van der Waals surface area contributed by atoms with Gasteiger partial charge in [0.2, 0.25) is 0 Å². The summed E-state index contributed by atoms with van der Waals surface area (Å²) in [6, 6.07) is 0. The fraction of sp³-hybridized carbons (Fsp3) is 0.909. The van der Waals surface area contributed by atoms with Crippen LogP contribution in [0.4, 0.5) is 0 Å². The summed E-state index contributed by atoms with van der Waals surface area (Å²) in [5.41, 5.74) is 0.391. The minimum absolute atomic E-state index is 0.350. The van der Waals surface area contributed by atoms with Crippen molar-refractivity contribution in [3.63, 3.8) is 0 Å². The third-order valence-electron chi connectivity index (χ3n) is 3.13. The lowest BCUT2D eigenvalue weighted by atomic mass is 9.69. The SMILES string of the molecule is CC(C)(C)[C@@H]1CCC[C@H](C=O)C1. The zero-order chi connectivity index (χ0) is 9.19. The smallest absolute Gasteiger partial charge is 0.123 e. The van der Waals surface area contributed by atoms with E-state index in [9.17, 15) is 4.79 Å². The molecule has 1 saturated carbocycles. The largest absolute Gasteiger partial charge is 0.303 e. The molecule has 1 heteroatoms. The van der Waals surface area contributed by atoms with E-state index in [1.165, 1.54) is 12.8 Å². The first-order valence-electron chi connectivity index (χ1n) is 4.99. The molecule has 0 aliphatic heterocycles. The van der Waals surface area contributed by atoms with E-state index >= 15 is 0 Å². The number of hydrogen-bond donors (Lipinski definition) is 0. The highest BCUT2D eigenvalue weighted by Crippen LogP contribution is 2.39. The van der Waals surface area contributed by atoms with Crippen molar-refractivity contribution in [2.75, 3.05) is 0 Å². The van der Waals surface area contributed by atoms with E-state index in [0.29, 0.717) is 11.3 Å². The quantitative estimate of drug-likeness (QED) is 0.550. The Hall–Kier alpha value is -0.330. The molecule has 0 saturated heterocycles. The second-order valence-corrected chi connectivity index (χ2v) is 5.13. The van der Waals surface area contributed by atoms with Crippen LogP contribution in [0.1, 0.15) is 46.5 Å². The standard InChI is InChI=1S/C11H20O/c1-11(2,3)10-6-4-5-9(7-10)8-12/h8-10H,4-7H2,1-3H3/t9-,10+/m0/s1. The van der Waals surface area contributed by atoms with Gasteiger partial charge in [-0.2, -0.15) is 0 Å². The molecule has 12 heavy (non-hydrogen) atoms. The Kier molecular flexibility index (Phi) is 2.92. The van der Waals surface area contributed by atoms with Crippen molar-refractivity contribution in [3.8, 4) is 0 Å². The molecule has 2 atom stereocenters. The van der Waals surface area contributed by atoms with Gasteiger partial charge in [0.25, 0.3) is 0 Å². The Bertz CT molecular complexity index is 155. The average molecular weight is 168 g/mol. The van der Waals surface area contributed by atoms with E-state index in [2.05, 4.69) is 20.8 Å². The van der Waals surface area contributed by atoms with Crippen LogP contribution in [0, 0.1) is 17.3 Å². The van der Waals surface area contributed by atoms with Crippen molar-refractivity contribution in [1.29, 1.82) is 0 Å². The highest BCUT2D eigenvalue weighted by Gasteiger charge is 2.30. The normalized spacial score (nSPS) is 31.6. The van der Waals surface area contributed by atoms with Crippen LogP contribution in [0.15, 0.2) is 0 Å². The summed E-state index contributed by atoms with van der Waals surface area (Å²) in [4.78, 5) is 10.6. The molecule has 1 rings (SSSR count). The van der Waals surface area contributed by atoms with Gasteiger partial charge in [-0.1, -0.05) is 27.2 Å². The third-order valence-corrected chi connectivity index (χ3v) is 3.13. The van der Waals surface area contributed by atoms with Crippen LogP contribution in [0.25, 0.3) is 0 Å². The number of aldehydes is 1. The van der Waals surface area contributed by atoms with Gasteiger partial charge in [-0.3, -0.25) is 0 Å². The maximum Gasteiger partial charge on any atom is 0.123 e. The lowest BCUT2D eigenvalue weighted by Gasteiger charge is -2.36. The van der Waals surface area contributed by atoms with Crippen LogP contribution < -0.4 is 0 Å². The number of carbonyl (C=O) groups excluding carboxylic acids is 1. The molecule has 0 radical (unpaired) electrons. The van der Waals surface area contributed by atoms with Gasteiger partial charge in [0.1, 0.15) is 6.29 Å². The van der Waals surface area contributed by atoms with Gasteiger partial charge >= 0.3 is 0 Å². The molecule has 1 fully saturated rings. The first-order valence-corrected chi connectivity index (χ1v) is 4.99. The summed E-state index contributed by atoms with van der Waals surface area (Å²) in [5, 5.41) is 0. The second kappa shape index (κ2) is 3.59. The minimum Gasteiger partial charge on any atom is -0.303 e. The van der Waals surface area contributed by atoms with Crippen LogP contribution in [0.5, 0.6) is 0 Å². The van der Waals surface area contributed by atoms with Gasteiger partial charge in [-0.25, -0.2) is 0 Å². The van der Waals surface area contributed by atoms with Crippen LogP contribution in [-0.2, 0) is 4.79 Å². The zero-order valence-electron chi connectivity index (χ0n) is 8.47. The summed E-state index contributed by atoms with van der Waals surface area (Å²) in [5.74, 6) is 1.10. The van der Waals surface area contributed by atoms with Gasteiger partial charge in [-0.15, -0.1) is 0 Å². The van der Waals surface area contributed by atoms with Gasteiger partial charge in [0.15, 0.2) is 0 Å². The van der Waals surface area contributed by atoms with E-state index in [1.807, 2.05) is 0 Å². The predicted octanol–water partition coefficient (Wildman–Crippen LogP) is 3.04. The van der Waals surface area contributed by atoms with Crippen LogP contribution in [0.3, 0.4) is 0 Å². The number of carbonyl (C=O) groups is 1. The van der Waals surface area contributed by atoms with Crippen molar-refractivity contribution in [2.45, 2.75) is 46.5 Å². The lowest BCUT2D eigenvalue weighted by molar-refractivity contribution is -0.112. The molecular weight excluding hydrogens is 148 g/mol. The Morgan fingerprint density at radius 3 is 2.42 bits per heavy atom. The Labute approximate surface area is 75.5 Å². The van der Waals surface area contributed by atoms with E-state index in [4.69, 9.17) is 0 Å². The topological polar surface area (TPSA) is 17.1 Å². The minimum atomic E-state index is 0.350. The van der Waals surface area contributed by atoms with E-state index in [1.54, 1.807) is 0 Å². The molecule has 0 aromatic carbocycles. The first-order chi connectivity index (χ1) is 5.54. The summed E-state index contributed by atoms with van der Waals surface area (Å²) in [7, 11) is 0. The molecule has 1 nitrogen and oxygen atoms in total. The highest BCUT2D eigenvalue weighted by atomic mass is 16.1. The van der Waals surface area contributed by atoms with Gasteiger partial charge in [0, 0.05) is 5.92 Å². The molecule has 0 unspecified atom stereocenters. The number of rotatable bonds is 1. The maximum atomic E-state index is 10.6. The molecule has 0 amide bonds. The molecule has 0 aromatic heterocycles. The van der Waals surface area contributed by atoms with E-state index in [-0.39, 0.29) is 0 Å². The van der Waals surface area contributed by atoms with E-state index < -0.39 is 0 Å². The molecule has 0 aromatic rings. The summed E-state index contributed by atoms with van der Waals surface area (Å²) < 4.78 is 0. The van der Waals surface area contributed by atoms with Crippen molar-refractivity contribution >= 4 is 6.29 Å². The monoisotopic (exact) mass is 168 g/mol. The van der Waals surface area contributed by atoms with E-state index in [0.717, 1.165) is 25.0 Å². The summed E-state index contributed by atoms with van der Waals surface area (Å²) >= 11 is 0. The molecular formula is C11H20O. The summed E-state index contributed by atoms with van der Waals surface area (Å²) in [6.07, 6.45) is 5.94. The van der Waals surface area contributed by atoms with Crippen molar-refractivity contribution < 1.29 is 4.79 Å². The highest BCUT2D eigenvalue weighted by molar-refractivity contribution is 5.53. The fourth-order valence-corrected chi connectivity index (χ4v) is 2.14. The number of hydrogen-bond acceptors (Lipinski definition) is 1. The Morgan fingerprint density at radius 2 is 1.92 bits per heavy atom. The molecule has 0 heterocycles. The van der Waals surface area contributed by atoms with Crippen LogP contribution in [0.2, 0.25) is 0 Å². The Morgan fingerprint density at radius 1 is 1.25 bits per heavy atom. The predicted molar refractivity (Wildman–Crippen MR) is 51.0 cm³/mol. The lowest BCUT2D eigenvalue weighted by Crippen LogP contribution is -2.27. The molecule has 0 spiro atoms. The maximum absolute atomic E-state index is 10.6. The van der Waals surface area contributed by atoms with Crippen LogP contribution in [-0.4, -0.2) is 6.29 Å². The fourth-order valence-electron chi connectivity index (χ4n) is 2.14.